The lowest BCUT2D eigenvalue weighted by Crippen LogP contribution is -2.26. The smallest absolute Gasteiger partial charge is 0.368 e. The quantitative estimate of drug-likeness (QED) is 0.583. The molecule has 0 spiro atoms. The van der Waals surface area contributed by atoms with Gasteiger partial charge in [-0.1, -0.05) is 0 Å². The monoisotopic (exact) mass is 156 g/mol. The molecule has 11 heavy (non-hydrogen) atoms. The molecular formula is C5H8N4O2. The molecule has 0 aromatic carbocycles. The zero-order chi connectivity index (χ0) is 8.27. The van der Waals surface area contributed by atoms with Gasteiger partial charge >= 0.3 is 5.69 Å². The van der Waals surface area contributed by atoms with Crippen molar-refractivity contribution in [3.63, 3.8) is 0 Å². The van der Waals surface area contributed by atoms with Crippen LogP contribution in [0.25, 0.3) is 0 Å². The number of nitrogen functional groups attached to an aromatic ring is 1. The van der Waals surface area contributed by atoms with E-state index in [2.05, 4.69) is 14.8 Å². The highest BCUT2D eigenvalue weighted by Gasteiger charge is 1.96. The Labute approximate surface area is 62.6 Å². The van der Waals surface area contributed by atoms with Gasteiger partial charge in [0.2, 0.25) is 0 Å². The lowest BCUT2D eigenvalue weighted by Gasteiger charge is -1.99. The number of ether oxygens (including phenoxy) is 1. The van der Waals surface area contributed by atoms with Crippen LogP contribution in [0.1, 0.15) is 0 Å². The highest BCUT2D eigenvalue weighted by molar-refractivity contribution is 5.19. The lowest BCUT2D eigenvalue weighted by atomic mass is 10.7. The number of aromatic nitrogens is 3. The summed E-state index contributed by atoms with van der Waals surface area (Å²) in [4.78, 5) is 14.3. The summed E-state index contributed by atoms with van der Waals surface area (Å²) < 4.78 is 5.73. The van der Waals surface area contributed by atoms with Gasteiger partial charge < -0.3 is 10.5 Å². The fourth-order valence-corrected chi connectivity index (χ4v) is 0.586. The SMILES string of the molecule is COCn1ncc(N)nc1=O. The summed E-state index contributed by atoms with van der Waals surface area (Å²) in [5.41, 5.74) is 4.69. The number of methoxy groups -OCH3 is 1. The zero-order valence-electron chi connectivity index (χ0n) is 6.02. The van der Waals surface area contributed by atoms with Crippen molar-refractivity contribution in [3.05, 3.63) is 16.7 Å². The van der Waals surface area contributed by atoms with Crippen molar-refractivity contribution in [2.45, 2.75) is 6.73 Å². The molecule has 1 aromatic rings. The molecule has 0 aliphatic heterocycles. The van der Waals surface area contributed by atoms with Crippen LogP contribution in [0.2, 0.25) is 0 Å². The van der Waals surface area contributed by atoms with Crippen LogP contribution in [0.3, 0.4) is 0 Å². The van der Waals surface area contributed by atoms with Crippen LogP contribution in [-0.2, 0) is 11.5 Å². The number of hydrogen-bond donors (Lipinski definition) is 1. The Morgan fingerprint density at radius 1 is 1.82 bits per heavy atom. The van der Waals surface area contributed by atoms with Crippen LogP contribution < -0.4 is 11.4 Å². The zero-order valence-corrected chi connectivity index (χ0v) is 6.02. The van der Waals surface area contributed by atoms with Crippen LogP contribution in [0.5, 0.6) is 0 Å². The van der Waals surface area contributed by atoms with Crippen molar-refractivity contribution in [1.82, 2.24) is 14.8 Å². The molecule has 0 amide bonds. The third kappa shape index (κ3) is 1.74. The van der Waals surface area contributed by atoms with Gasteiger partial charge in [0.05, 0.1) is 6.20 Å². The lowest BCUT2D eigenvalue weighted by molar-refractivity contribution is 0.115. The number of anilines is 1. The molecule has 0 unspecified atom stereocenters. The fraction of sp³-hybridized carbons (Fsp3) is 0.400. The molecule has 1 heterocycles. The maximum atomic E-state index is 10.9. The van der Waals surface area contributed by atoms with E-state index < -0.39 is 5.69 Å². The van der Waals surface area contributed by atoms with E-state index in [1.54, 1.807) is 0 Å². The Balaban J connectivity index is 3.00. The summed E-state index contributed by atoms with van der Waals surface area (Å²) in [6.07, 6.45) is 1.29. The van der Waals surface area contributed by atoms with E-state index in [-0.39, 0.29) is 12.5 Å². The topological polar surface area (TPSA) is 83.0 Å². The van der Waals surface area contributed by atoms with Crippen LogP contribution in [0.15, 0.2) is 11.0 Å². The van der Waals surface area contributed by atoms with Crippen molar-refractivity contribution < 1.29 is 4.74 Å². The number of nitrogens with two attached hydrogens (primary N) is 1. The molecule has 0 saturated carbocycles. The van der Waals surface area contributed by atoms with Crippen LogP contribution in [0.4, 0.5) is 5.82 Å². The van der Waals surface area contributed by atoms with E-state index in [9.17, 15) is 4.79 Å². The molecule has 1 rings (SSSR count). The molecule has 0 radical (unpaired) electrons. The number of nitrogens with zero attached hydrogens (tertiary/aromatic N) is 3. The molecule has 60 valence electrons. The van der Waals surface area contributed by atoms with Gasteiger partial charge in [0.1, 0.15) is 12.5 Å². The van der Waals surface area contributed by atoms with E-state index in [0.29, 0.717) is 0 Å². The molecule has 0 aliphatic rings. The third-order valence-electron chi connectivity index (χ3n) is 1.03. The Bertz CT molecular complexity index is 295. The molecule has 0 saturated heterocycles. The highest BCUT2D eigenvalue weighted by Crippen LogP contribution is 1.83. The predicted octanol–water partition coefficient (Wildman–Crippen LogP) is -1.18. The van der Waals surface area contributed by atoms with Gasteiger partial charge in [-0.05, 0) is 0 Å². The van der Waals surface area contributed by atoms with Crippen molar-refractivity contribution in [2.24, 2.45) is 0 Å². The standard InChI is InChI=1S/C5H8N4O2/c1-11-3-9-5(10)8-4(6)2-7-9/h2H,3H2,1H3,(H2,6,8,10). The minimum atomic E-state index is -0.508. The third-order valence-corrected chi connectivity index (χ3v) is 1.03. The first-order valence-electron chi connectivity index (χ1n) is 2.92. The second-order valence-electron chi connectivity index (χ2n) is 1.88. The van der Waals surface area contributed by atoms with E-state index in [1.807, 2.05) is 0 Å². The summed E-state index contributed by atoms with van der Waals surface area (Å²) in [7, 11) is 1.46. The van der Waals surface area contributed by atoms with Gasteiger partial charge in [0, 0.05) is 7.11 Å². The summed E-state index contributed by atoms with van der Waals surface area (Å²) >= 11 is 0. The second kappa shape index (κ2) is 3.11. The average Bonchev–Trinajstić information content (AvgIpc) is 1.95. The van der Waals surface area contributed by atoms with E-state index in [0.717, 1.165) is 4.68 Å². The Morgan fingerprint density at radius 3 is 3.09 bits per heavy atom. The van der Waals surface area contributed by atoms with Crippen molar-refractivity contribution >= 4 is 5.82 Å². The first-order chi connectivity index (χ1) is 5.24. The normalized spacial score (nSPS) is 9.91. The van der Waals surface area contributed by atoms with Gasteiger partial charge in [-0.2, -0.15) is 14.8 Å². The van der Waals surface area contributed by atoms with Crippen molar-refractivity contribution in [3.8, 4) is 0 Å². The molecule has 0 fully saturated rings. The van der Waals surface area contributed by atoms with Crippen LogP contribution in [0, 0.1) is 0 Å². The summed E-state index contributed by atoms with van der Waals surface area (Å²) in [6, 6.07) is 0. The van der Waals surface area contributed by atoms with Gasteiger partial charge in [-0.3, -0.25) is 0 Å². The molecular weight excluding hydrogens is 148 g/mol. The summed E-state index contributed by atoms with van der Waals surface area (Å²) in [6.45, 7) is 0.0894. The van der Waals surface area contributed by atoms with E-state index >= 15 is 0 Å². The fourth-order valence-electron chi connectivity index (χ4n) is 0.586. The summed E-state index contributed by atoms with van der Waals surface area (Å²) in [5.74, 6) is 0.113. The maximum absolute atomic E-state index is 10.9. The van der Waals surface area contributed by atoms with Gasteiger partial charge in [0.15, 0.2) is 0 Å². The van der Waals surface area contributed by atoms with Crippen molar-refractivity contribution in [1.29, 1.82) is 0 Å². The second-order valence-corrected chi connectivity index (χ2v) is 1.88. The number of rotatable bonds is 2. The molecule has 0 aliphatic carbocycles. The molecule has 6 nitrogen and oxygen atoms in total. The first kappa shape index (κ1) is 7.67. The number of hydrogen-bond acceptors (Lipinski definition) is 5. The van der Waals surface area contributed by atoms with E-state index in [4.69, 9.17) is 5.73 Å². The van der Waals surface area contributed by atoms with Crippen LogP contribution in [-0.4, -0.2) is 21.9 Å². The molecule has 6 heteroatoms. The maximum Gasteiger partial charge on any atom is 0.368 e. The average molecular weight is 156 g/mol. The molecule has 0 bridgehead atoms. The van der Waals surface area contributed by atoms with Crippen LogP contribution >= 0.6 is 0 Å². The minimum Gasteiger partial charge on any atom is -0.382 e. The molecule has 1 aromatic heterocycles. The van der Waals surface area contributed by atoms with E-state index in [1.165, 1.54) is 13.3 Å². The highest BCUT2D eigenvalue weighted by atomic mass is 16.5. The Hall–Kier alpha value is -1.43. The minimum absolute atomic E-state index is 0.0894. The summed E-state index contributed by atoms with van der Waals surface area (Å²) in [5, 5.41) is 3.66. The molecule has 0 atom stereocenters. The predicted molar refractivity (Wildman–Crippen MR) is 37.7 cm³/mol. The van der Waals surface area contributed by atoms with Gasteiger partial charge in [-0.15, -0.1) is 0 Å². The van der Waals surface area contributed by atoms with Crippen molar-refractivity contribution in [2.75, 3.05) is 12.8 Å². The largest absolute Gasteiger partial charge is 0.382 e. The van der Waals surface area contributed by atoms with Gasteiger partial charge in [-0.25, -0.2) is 4.79 Å². The first-order valence-corrected chi connectivity index (χ1v) is 2.92. The Kier molecular flexibility index (Phi) is 2.17. The van der Waals surface area contributed by atoms with Gasteiger partial charge in [0.25, 0.3) is 0 Å². The Morgan fingerprint density at radius 2 is 2.55 bits per heavy atom. The molecule has 2 N–H and O–H groups in total.